The van der Waals surface area contributed by atoms with Crippen molar-refractivity contribution in [2.45, 2.75) is 18.9 Å². The van der Waals surface area contributed by atoms with E-state index in [9.17, 15) is 0 Å². The highest BCUT2D eigenvalue weighted by Crippen LogP contribution is 2.35. The number of hydrogen-bond acceptors (Lipinski definition) is 3. The highest BCUT2D eigenvalue weighted by atomic mass is 35.5. The minimum atomic E-state index is 0.0444. The summed E-state index contributed by atoms with van der Waals surface area (Å²) in [5.74, 6) is 6.69. The second-order valence-corrected chi connectivity index (χ2v) is 5.42. The molecule has 3 N–H and O–H groups in total. The van der Waals surface area contributed by atoms with Gasteiger partial charge in [-0.2, -0.15) is 0 Å². The number of hydrogen-bond donors (Lipinski definition) is 2. The van der Waals surface area contributed by atoms with E-state index in [1.165, 1.54) is 5.56 Å². The molecule has 2 aromatic rings. The van der Waals surface area contributed by atoms with Crippen molar-refractivity contribution in [2.75, 3.05) is 6.61 Å². The Kier molecular flexibility index (Phi) is 3.92. The van der Waals surface area contributed by atoms with Gasteiger partial charge in [0.15, 0.2) is 0 Å². The summed E-state index contributed by atoms with van der Waals surface area (Å²) in [7, 11) is 0. The summed E-state index contributed by atoms with van der Waals surface area (Å²) in [6.45, 7) is 0.731. The first-order valence-electron chi connectivity index (χ1n) is 6.73. The molecule has 104 valence electrons. The molecule has 0 spiro atoms. The van der Waals surface area contributed by atoms with E-state index in [1.54, 1.807) is 0 Å². The van der Waals surface area contributed by atoms with Crippen molar-refractivity contribution < 1.29 is 4.74 Å². The Hall–Kier alpha value is -1.55. The van der Waals surface area contributed by atoms with E-state index in [0.717, 1.165) is 41.3 Å². The molecule has 1 aliphatic rings. The lowest BCUT2D eigenvalue weighted by Gasteiger charge is -2.18. The summed E-state index contributed by atoms with van der Waals surface area (Å²) in [5, 5.41) is 0.757. The monoisotopic (exact) mass is 288 g/mol. The molecule has 0 saturated carbocycles. The third-order valence-electron chi connectivity index (χ3n) is 3.65. The highest BCUT2D eigenvalue weighted by Gasteiger charge is 2.20. The molecule has 0 aromatic heterocycles. The standard InChI is InChI=1S/C16H17ClN2O/c17-14-8-12-6-7-20-16(12)13(9-14)10-15(19-18)11-4-2-1-3-5-11/h1-5,8-9,15,19H,6-7,10,18H2. The van der Waals surface area contributed by atoms with E-state index in [-0.39, 0.29) is 6.04 Å². The van der Waals surface area contributed by atoms with Crippen molar-refractivity contribution >= 4 is 11.6 Å². The van der Waals surface area contributed by atoms with Crippen LogP contribution in [0.25, 0.3) is 0 Å². The lowest BCUT2D eigenvalue weighted by atomic mass is 9.97. The van der Waals surface area contributed by atoms with Crippen molar-refractivity contribution in [3.8, 4) is 5.75 Å². The number of nitrogens with two attached hydrogens (primary N) is 1. The van der Waals surface area contributed by atoms with Gasteiger partial charge in [-0.15, -0.1) is 0 Å². The zero-order valence-corrected chi connectivity index (χ0v) is 11.9. The van der Waals surface area contributed by atoms with E-state index in [2.05, 4.69) is 17.6 Å². The van der Waals surface area contributed by atoms with Gasteiger partial charge in [-0.1, -0.05) is 41.9 Å². The predicted molar refractivity (Wildman–Crippen MR) is 80.9 cm³/mol. The van der Waals surface area contributed by atoms with E-state index in [4.69, 9.17) is 22.2 Å². The van der Waals surface area contributed by atoms with E-state index < -0.39 is 0 Å². The number of hydrazine groups is 1. The zero-order chi connectivity index (χ0) is 13.9. The molecule has 4 heteroatoms. The van der Waals surface area contributed by atoms with Gasteiger partial charge in [0, 0.05) is 11.4 Å². The van der Waals surface area contributed by atoms with Crippen LogP contribution >= 0.6 is 11.6 Å². The Morgan fingerprint density at radius 2 is 2.05 bits per heavy atom. The summed E-state index contributed by atoms with van der Waals surface area (Å²) in [4.78, 5) is 0. The van der Waals surface area contributed by atoms with Crippen LogP contribution in [0.15, 0.2) is 42.5 Å². The van der Waals surface area contributed by atoms with Crippen LogP contribution in [-0.2, 0) is 12.8 Å². The van der Waals surface area contributed by atoms with Crippen LogP contribution in [0.4, 0.5) is 0 Å². The fourth-order valence-electron chi connectivity index (χ4n) is 2.68. The maximum atomic E-state index is 6.19. The summed E-state index contributed by atoms with van der Waals surface area (Å²) in [6, 6.07) is 14.2. The summed E-state index contributed by atoms with van der Waals surface area (Å²) in [6.07, 6.45) is 1.68. The second kappa shape index (κ2) is 5.83. The van der Waals surface area contributed by atoms with E-state index in [0.29, 0.717) is 0 Å². The lowest BCUT2D eigenvalue weighted by Crippen LogP contribution is -2.29. The van der Waals surface area contributed by atoms with Gasteiger partial charge in [0.25, 0.3) is 0 Å². The van der Waals surface area contributed by atoms with Gasteiger partial charge in [-0.25, -0.2) is 0 Å². The number of nitrogens with one attached hydrogen (secondary N) is 1. The fourth-order valence-corrected chi connectivity index (χ4v) is 2.94. The van der Waals surface area contributed by atoms with Crippen molar-refractivity contribution in [3.63, 3.8) is 0 Å². The van der Waals surface area contributed by atoms with Gasteiger partial charge in [-0.3, -0.25) is 11.3 Å². The summed E-state index contributed by atoms with van der Waals surface area (Å²) < 4.78 is 5.74. The van der Waals surface area contributed by atoms with Crippen LogP contribution in [0, 0.1) is 0 Å². The molecule has 3 rings (SSSR count). The molecule has 0 aliphatic carbocycles. The Labute approximate surface area is 123 Å². The number of rotatable bonds is 4. The number of fused-ring (bicyclic) bond motifs is 1. The highest BCUT2D eigenvalue weighted by molar-refractivity contribution is 6.30. The second-order valence-electron chi connectivity index (χ2n) is 4.99. The maximum Gasteiger partial charge on any atom is 0.125 e. The zero-order valence-electron chi connectivity index (χ0n) is 11.1. The van der Waals surface area contributed by atoms with E-state index in [1.807, 2.05) is 30.3 Å². The first-order valence-corrected chi connectivity index (χ1v) is 7.11. The summed E-state index contributed by atoms with van der Waals surface area (Å²) in [5.41, 5.74) is 6.33. The predicted octanol–water partition coefficient (Wildman–Crippen LogP) is 3.02. The quantitative estimate of drug-likeness (QED) is 0.671. The fraction of sp³-hybridized carbons (Fsp3) is 0.250. The van der Waals surface area contributed by atoms with Crippen molar-refractivity contribution in [1.82, 2.24) is 5.43 Å². The molecule has 0 amide bonds. The van der Waals surface area contributed by atoms with Crippen LogP contribution in [0.1, 0.15) is 22.7 Å². The third kappa shape index (κ3) is 2.66. The molecular weight excluding hydrogens is 272 g/mol. The Bertz CT molecular complexity index is 601. The third-order valence-corrected chi connectivity index (χ3v) is 3.87. The van der Waals surface area contributed by atoms with Crippen LogP contribution < -0.4 is 16.0 Å². The molecule has 1 heterocycles. The van der Waals surface area contributed by atoms with Crippen LogP contribution in [0.2, 0.25) is 5.02 Å². The van der Waals surface area contributed by atoms with Crippen molar-refractivity contribution in [2.24, 2.45) is 5.84 Å². The first-order chi connectivity index (χ1) is 9.78. The van der Waals surface area contributed by atoms with Gasteiger partial charge in [0.1, 0.15) is 5.75 Å². The smallest absolute Gasteiger partial charge is 0.125 e. The van der Waals surface area contributed by atoms with Gasteiger partial charge < -0.3 is 4.74 Å². The average molecular weight is 289 g/mol. The first kappa shape index (κ1) is 13.4. The van der Waals surface area contributed by atoms with Crippen LogP contribution in [-0.4, -0.2) is 6.61 Å². The van der Waals surface area contributed by atoms with Crippen LogP contribution in [0.5, 0.6) is 5.75 Å². The maximum absolute atomic E-state index is 6.19. The molecule has 0 radical (unpaired) electrons. The van der Waals surface area contributed by atoms with Crippen molar-refractivity contribution in [3.05, 3.63) is 64.2 Å². The molecule has 1 aliphatic heterocycles. The Morgan fingerprint density at radius 1 is 1.25 bits per heavy atom. The van der Waals surface area contributed by atoms with E-state index >= 15 is 0 Å². The van der Waals surface area contributed by atoms with Gasteiger partial charge in [0.2, 0.25) is 0 Å². The molecule has 0 saturated heterocycles. The van der Waals surface area contributed by atoms with Gasteiger partial charge >= 0.3 is 0 Å². The topological polar surface area (TPSA) is 47.3 Å². The number of benzene rings is 2. The molecule has 0 bridgehead atoms. The molecule has 3 nitrogen and oxygen atoms in total. The molecule has 2 aromatic carbocycles. The molecular formula is C16H17ClN2O. The summed E-state index contributed by atoms with van der Waals surface area (Å²) >= 11 is 6.19. The number of ether oxygens (including phenoxy) is 1. The lowest BCUT2D eigenvalue weighted by molar-refractivity contribution is 0.351. The van der Waals surface area contributed by atoms with Crippen molar-refractivity contribution in [1.29, 1.82) is 0 Å². The number of halogens is 1. The molecule has 1 atom stereocenters. The van der Waals surface area contributed by atoms with Crippen LogP contribution in [0.3, 0.4) is 0 Å². The normalized spacial score (nSPS) is 14.7. The Balaban J connectivity index is 1.91. The van der Waals surface area contributed by atoms with Gasteiger partial charge in [-0.05, 0) is 35.2 Å². The molecule has 1 unspecified atom stereocenters. The molecule has 20 heavy (non-hydrogen) atoms. The molecule has 0 fully saturated rings. The average Bonchev–Trinajstić information content (AvgIpc) is 2.93. The minimum absolute atomic E-state index is 0.0444. The largest absolute Gasteiger partial charge is 0.493 e. The Morgan fingerprint density at radius 3 is 2.80 bits per heavy atom. The SMILES string of the molecule is NNC(Cc1cc(Cl)cc2c1OCC2)c1ccccc1. The minimum Gasteiger partial charge on any atom is -0.493 e. The van der Waals surface area contributed by atoms with Gasteiger partial charge in [0.05, 0.1) is 12.6 Å².